The molecule has 0 unspecified atom stereocenters. The van der Waals surface area contributed by atoms with Crippen molar-refractivity contribution in [2.75, 3.05) is 33.7 Å². The van der Waals surface area contributed by atoms with E-state index in [0.717, 1.165) is 36.6 Å². The van der Waals surface area contributed by atoms with E-state index >= 15 is 0 Å². The number of guanidine groups is 1. The second kappa shape index (κ2) is 12.7. The van der Waals surface area contributed by atoms with Crippen LogP contribution in [0, 0.1) is 6.92 Å². The first-order valence-electron chi connectivity index (χ1n) is 10.6. The summed E-state index contributed by atoms with van der Waals surface area (Å²) >= 11 is 0. The molecular weight excluding hydrogens is 499 g/mol. The molecule has 2 aromatic carbocycles. The SMILES string of the molecule is CCNC(=NCC(C)(C)c1cccc(C)c1)NCCc1cccc(C(=O)N(C)C)c1.I. The number of carbonyl (C=O) groups excluding carboxylic acids is 1. The molecule has 170 valence electrons. The lowest BCUT2D eigenvalue weighted by Gasteiger charge is -2.24. The highest BCUT2D eigenvalue weighted by atomic mass is 127. The molecule has 31 heavy (non-hydrogen) atoms. The molecule has 0 aliphatic heterocycles. The molecule has 0 atom stereocenters. The highest BCUT2D eigenvalue weighted by molar-refractivity contribution is 14.0. The van der Waals surface area contributed by atoms with Gasteiger partial charge in [0.15, 0.2) is 5.96 Å². The zero-order chi connectivity index (χ0) is 22.1. The van der Waals surface area contributed by atoms with Crippen LogP contribution in [0.25, 0.3) is 0 Å². The molecule has 0 fully saturated rings. The number of aliphatic imine (C=N–C) groups is 1. The number of nitrogens with zero attached hydrogens (tertiary/aromatic N) is 2. The van der Waals surface area contributed by atoms with Gasteiger partial charge in [-0.1, -0.05) is 55.8 Å². The normalized spacial score (nSPS) is 11.5. The first-order chi connectivity index (χ1) is 14.2. The minimum atomic E-state index is -0.0464. The second-order valence-electron chi connectivity index (χ2n) is 8.53. The lowest BCUT2D eigenvalue weighted by Crippen LogP contribution is -2.39. The summed E-state index contributed by atoms with van der Waals surface area (Å²) in [5.41, 5.74) is 4.37. The second-order valence-corrected chi connectivity index (χ2v) is 8.53. The molecule has 0 aliphatic rings. The quantitative estimate of drug-likeness (QED) is 0.299. The molecular formula is C25H37IN4O. The van der Waals surface area contributed by atoms with E-state index in [0.29, 0.717) is 6.54 Å². The monoisotopic (exact) mass is 536 g/mol. The van der Waals surface area contributed by atoms with Crippen LogP contribution in [0.5, 0.6) is 0 Å². The molecule has 0 bridgehead atoms. The molecule has 0 heterocycles. The average molecular weight is 537 g/mol. The molecule has 0 saturated heterocycles. The van der Waals surface area contributed by atoms with E-state index in [1.165, 1.54) is 11.1 Å². The predicted octanol–water partition coefficient (Wildman–Crippen LogP) is 4.39. The van der Waals surface area contributed by atoms with Crippen LogP contribution in [0.2, 0.25) is 0 Å². The van der Waals surface area contributed by atoms with E-state index < -0.39 is 0 Å². The van der Waals surface area contributed by atoms with Crippen molar-refractivity contribution in [2.24, 2.45) is 4.99 Å². The van der Waals surface area contributed by atoms with Gasteiger partial charge in [-0.15, -0.1) is 24.0 Å². The topological polar surface area (TPSA) is 56.7 Å². The van der Waals surface area contributed by atoms with Crippen molar-refractivity contribution in [2.45, 2.75) is 39.5 Å². The number of rotatable bonds is 8. The van der Waals surface area contributed by atoms with E-state index in [1.807, 2.05) is 18.2 Å². The van der Waals surface area contributed by atoms with Crippen LogP contribution >= 0.6 is 24.0 Å². The van der Waals surface area contributed by atoms with Gasteiger partial charge >= 0.3 is 0 Å². The van der Waals surface area contributed by atoms with Crippen LogP contribution in [0.4, 0.5) is 0 Å². The molecule has 6 heteroatoms. The van der Waals surface area contributed by atoms with Crippen LogP contribution in [-0.2, 0) is 11.8 Å². The lowest BCUT2D eigenvalue weighted by molar-refractivity contribution is 0.0827. The Hall–Kier alpha value is -2.09. The molecule has 0 spiro atoms. The summed E-state index contributed by atoms with van der Waals surface area (Å²) < 4.78 is 0. The number of hydrogen-bond acceptors (Lipinski definition) is 2. The van der Waals surface area contributed by atoms with E-state index in [1.54, 1.807) is 19.0 Å². The van der Waals surface area contributed by atoms with Crippen molar-refractivity contribution in [3.63, 3.8) is 0 Å². The van der Waals surface area contributed by atoms with Gasteiger partial charge in [0.05, 0.1) is 6.54 Å². The van der Waals surface area contributed by atoms with Crippen LogP contribution in [0.15, 0.2) is 53.5 Å². The number of halogens is 1. The van der Waals surface area contributed by atoms with Gasteiger partial charge in [-0.25, -0.2) is 0 Å². The summed E-state index contributed by atoms with van der Waals surface area (Å²) in [6.07, 6.45) is 0.820. The number of aryl methyl sites for hydroxylation is 1. The van der Waals surface area contributed by atoms with Gasteiger partial charge in [-0.05, 0) is 43.5 Å². The van der Waals surface area contributed by atoms with Gasteiger partial charge in [0.1, 0.15) is 0 Å². The number of benzene rings is 2. The van der Waals surface area contributed by atoms with Gasteiger partial charge in [0.2, 0.25) is 0 Å². The maximum Gasteiger partial charge on any atom is 0.253 e. The molecule has 0 aliphatic carbocycles. The Bertz CT molecular complexity index is 877. The summed E-state index contributed by atoms with van der Waals surface area (Å²) in [6.45, 7) is 10.9. The number of carbonyl (C=O) groups is 1. The number of amides is 1. The van der Waals surface area contributed by atoms with Crippen molar-refractivity contribution < 1.29 is 4.79 Å². The van der Waals surface area contributed by atoms with E-state index in [2.05, 4.69) is 68.7 Å². The fourth-order valence-corrected chi connectivity index (χ4v) is 3.22. The average Bonchev–Trinajstić information content (AvgIpc) is 2.71. The summed E-state index contributed by atoms with van der Waals surface area (Å²) in [6, 6.07) is 16.5. The summed E-state index contributed by atoms with van der Waals surface area (Å²) in [5.74, 6) is 0.844. The highest BCUT2D eigenvalue weighted by Crippen LogP contribution is 2.24. The van der Waals surface area contributed by atoms with Crippen molar-refractivity contribution in [1.29, 1.82) is 0 Å². The third-order valence-electron chi connectivity index (χ3n) is 5.06. The third-order valence-corrected chi connectivity index (χ3v) is 5.06. The van der Waals surface area contributed by atoms with Crippen molar-refractivity contribution in [1.82, 2.24) is 15.5 Å². The minimum Gasteiger partial charge on any atom is -0.357 e. The molecule has 0 saturated carbocycles. The Morgan fingerprint density at radius 1 is 1.06 bits per heavy atom. The van der Waals surface area contributed by atoms with Gasteiger partial charge in [-0.2, -0.15) is 0 Å². The fraction of sp³-hybridized carbons (Fsp3) is 0.440. The zero-order valence-corrected chi connectivity index (χ0v) is 22.0. The van der Waals surface area contributed by atoms with Gasteiger partial charge in [-0.3, -0.25) is 9.79 Å². The first kappa shape index (κ1) is 26.9. The minimum absolute atomic E-state index is 0. The molecule has 2 N–H and O–H groups in total. The molecule has 1 amide bonds. The predicted molar refractivity (Wildman–Crippen MR) is 142 cm³/mol. The van der Waals surface area contributed by atoms with E-state index in [4.69, 9.17) is 4.99 Å². The van der Waals surface area contributed by atoms with Gasteiger partial charge in [0.25, 0.3) is 5.91 Å². The van der Waals surface area contributed by atoms with Gasteiger partial charge in [0, 0.05) is 38.2 Å². The largest absolute Gasteiger partial charge is 0.357 e. The molecule has 5 nitrogen and oxygen atoms in total. The summed E-state index contributed by atoms with van der Waals surface area (Å²) in [4.78, 5) is 18.6. The van der Waals surface area contributed by atoms with Gasteiger partial charge < -0.3 is 15.5 Å². The standard InChI is InChI=1S/C25H36N4O.HI/c1-7-26-24(28-18-25(3,4)22-13-8-10-19(2)16-22)27-15-14-20-11-9-12-21(17-20)23(30)29(5)6;/h8-13,16-17H,7,14-15,18H2,1-6H3,(H2,26,27,28);1H. The molecule has 0 aromatic heterocycles. The lowest BCUT2D eigenvalue weighted by atomic mass is 9.84. The highest BCUT2D eigenvalue weighted by Gasteiger charge is 2.20. The Morgan fingerprint density at radius 3 is 2.42 bits per heavy atom. The van der Waals surface area contributed by atoms with Crippen molar-refractivity contribution in [3.05, 3.63) is 70.8 Å². The Labute approximate surface area is 204 Å². The van der Waals surface area contributed by atoms with Crippen molar-refractivity contribution >= 4 is 35.8 Å². The van der Waals surface area contributed by atoms with E-state index in [-0.39, 0.29) is 35.3 Å². The Kier molecular flexibility index (Phi) is 11.0. The molecule has 0 radical (unpaired) electrons. The molecule has 2 rings (SSSR count). The number of nitrogens with one attached hydrogen (secondary N) is 2. The maximum absolute atomic E-state index is 12.2. The Balaban J connectivity index is 0.00000480. The molecule has 2 aromatic rings. The van der Waals surface area contributed by atoms with Crippen molar-refractivity contribution in [3.8, 4) is 0 Å². The van der Waals surface area contributed by atoms with E-state index in [9.17, 15) is 4.79 Å². The van der Waals surface area contributed by atoms with Crippen LogP contribution in [0.1, 0.15) is 47.8 Å². The maximum atomic E-state index is 12.2. The van der Waals surface area contributed by atoms with Crippen LogP contribution in [0.3, 0.4) is 0 Å². The summed E-state index contributed by atoms with van der Waals surface area (Å²) in [7, 11) is 3.54. The van der Waals surface area contributed by atoms with Crippen LogP contribution < -0.4 is 10.6 Å². The smallest absolute Gasteiger partial charge is 0.253 e. The summed E-state index contributed by atoms with van der Waals surface area (Å²) in [5, 5.41) is 6.75. The third kappa shape index (κ3) is 8.51. The Morgan fingerprint density at radius 2 is 1.77 bits per heavy atom. The van der Waals surface area contributed by atoms with Crippen LogP contribution in [-0.4, -0.2) is 50.5 Å². The zero-order valence-electron chi connectivity index (χ0n) is 19.7. The first-order valence-corrected chi connectivity index (χ1v) is 10.6. The number of hydrogen-bond donors (Lipinski definition) is 2. The fourth-order valence-electron chi connectivity index (χ4n) is 3.22.